The summed E-state index contributed by atoms with van der Waals surface area (Å²) in [6.07, 6.45) is 0.150. The first-order chi connectivity index (χ1) is 15.0. The molecular weight excluding hydrogens is 418 g/mol. The molecular formula is C23H24ClN3O4. The molecule has 0 bridgehead atoms. The van der Waals surface area contributed by atoms with Crippen molar-refractivity contribution in [3.05, 3.63) is 59.1 Å². The summed E-state index contributed by atoms with van der Waals surface area (Å²) in [6, 6.07) is 14.2. The third-order valence-electron chi connectivity index (χ3n) is 5.81. The molecule has 0 N–H and O–H groups in total. The van der Waals surface area contributed by atoms with Crippen LogP contribution >= 0.6 is 11.6 Å². The number of benzene rings is 2. The number of hydrogen-bond donors (Lipinski definition) is 0. The van der Waals surface area contributed by atoms with Crippen LogP contribution in [0.3, 0.4) is 0 Å². The van der Waals surface area contributed by atoms with E-state index in [2.05, 4.69) is 0 Å². The Morgan fingerprint density at radius 3 is 2.35 bits per heavy atom. The first kappa shape index (κ1) is 21.2. The topological polar surface area (TPSA) is 70.2 Å². The molecule has 0 spiro atoms. The van der Waals surface area contributed by atoms with Crippen LogP contribution in [-0.2, 0) is 9.59 Å². The lowest BCUT2D eigenvalue weighted by Gasteiger charge is -2.36. The molecule has 4 rings (SSSR count). The molecule has 2 fully saturated rings. The summed E-state index contributed by atoms with van der Waals surface area (Å²) in [4.78, 5) is 43.4. The van der Waals surface area contributed by atoms with Gasteiger partial charge in [0.25, 0.3) is 5.91 Å². The highest BCUT2D eigenvalue weighted by Gasteiger charge is 2.39. The van der Waals surface area contributed by atoms with Gasteiger partial charge in [-0.25, -0.2) is 0 Å². The molecule has 1 atom stereocenters. The second-order valence-electron chi connectivity index (χ2n) is 7.71. The van der Waals surface area contributed by atoms with Crippen LogP contribution < -0.4 is 9.64 Å². The summed E-state index contributed by atoms with van der Waals surface area (Å²) in [5.74, 6) is -0.0881. The Morgan fingerprint density at radius 2 is 1.68 bits per heavy atom. The van der Waals surface area contributed by atoms with Crippen molar-refractivity contribution in [3.63, 3.8) is 0 Å². The number of piperazine rings is 1. The van der Waals surface area contributed by atoms with E-state index in [1.165, 1.54) is 7.11 Å². The summed E-state index contributed by atoms with van der Waals surface area (Å²) in [5.41, 5.74) is 1.23. The van der Waals surface area contributed by atoms with Crippen molar-refractivity contribution in [2.45, 2.75) is 6.42 Å². The summed E-state index contributed by atoms with van der Waals surface area (Å²) in [7, 11) is 1.53. The number of halogens is 1. The fourth-order valence-electron chi connectivity index (χ4n) is 4.13. The maximum absolute atomic E-state index is 13.1. The maximum Gasteiger partial charge on any atom is 0.253 e. The summed E-state index contributed by atoms with van der Waals surface area (Å²) < 4.78 is 5.36. The van der Waals surface area contributed by atoms with Gasteiger partial charge >= 0.3 is 0 Å². The number of rotatable bonds is 4. The van der Waals surface area contributed by atoms with Gasteiger partial charge in [-0.15, -0.1) is 0 Å². The predicted octanol–water partition coefficient (Wildman–Crippen LogP) is 2.69. The fraction of sp³-hybridized carbons (Fsp3) is 0.348. The van der Waals surface area contributed by atoms with E-state index in [9.17, 15) is 14.4 Å². The van der Waals surface area contributed by atoms with Crippen molar-refractivity contribution in [2.24, 2.45) is 5.92 Å². The van der Waals surface area contributed by atoms with Gasteiger partial charge in [0.05, 0.1) is 18.7 Å². The number of amides is 3. The smallest absolute Gasteiger partial charge is 0.253 e. The Labute approximate surface area is 186 Å². The zero-order valence-corrected chi connectivity index (χ0v) is 18.0. The maximum atomic E-state index is 13.1. The number of ether oxygens (including phenoxy) is 1. The molecule has 2 aromatic rings. The van der Waals surface area contributed by atoms with Crippen LogP contribution in [0.15, 0.2) is 48.5 Å². The van der Waals surface area contributed by atoms with Gasteiger partial charge in [-0.3, -0.25) is 14.4 Å². The van der Waals surface area contributed by atoms with Gasteiger partial charge in [0.15, 0.2) is 0 Å². The Kier molecular flexibility index (Phi) is 6.13. The van der Waals surface area contributed by atoms with Crippen molar-refractivity contribution >= 4 is 35.0 Å². The SMILES string of the molecule is COc1ccc(Cl)cc1N1C[C@@H](C(=O)N2CCN(C(=O)c3ccccc3)CC2)CC1=O. The van der Waals surface area contributed by atoms with Gasteiger partial charge in [0.2, 0.25) is 11.8 Å². The third-order valence-corrected chi connectivity index (χ3v) is 6.04. The molecule has 0 unspecified atom stereocenters. The number of anilines is 1. The van der Waals surface area contributed by atoms with E-state index in [0.29, 0.717) is 48.2 Å². The highest BCUT2D eigenvalue weighted by Crippen LogP contribution is 2.35. The minimum absolute atomic E-state index is 0.0250. The molecule has 0 aliphatic carbocycles. The summed E-state index contributed by atoms with van der Waals surface area (Å²) in [5, 5.41) is 0.498. The number of methoxy groups -OCH3 is 1. The van der Waals surface area contributed by atoms with Gasteiger partial charge in [-0.05, 0) is 30.3 Å². The molecule has 162 valence electrons. The molecule has 3 amide bonds. The lowest BCUT2D eigenvalue weighted by atomic mass is 10.1. The van der Waals surface area contributed by atoms with Crippen LogP contribution in [0.4, 0.5) is 5.69 Å². The Morgan fingerprint density at radius 1 is 1.00 bits per heavy atom. The van der Waals surface area contributed by atoms with Gasteiger partial charge in [0, 0.05) is 49.7 Å². The minimum Gasteiger partial charge on any atom is -0.495 e. The standard InChI is InChI=1S/C23H24ClN3O4/c1-31-20-8-7-18(24)14-19(20)27-15-17(13-21(27)28)23(30)26-11-9-25(10-12-26)22(29)16-5-3-2-4-6-16/h2-8,14,17H,9-13,15H2,1H3/t17-/m0/s1. The van der Waals surface area contributed by atoms with Gasteiger partial charge < -0.3 is 19.4 Å². The van der Waals surface area contributed by atoms with Crippen molar-refractivity contribution in [1.82, 2.24) is 9.80 Å². The van der Waals surface area contributed by atoms with E-state index in [1.807, 2.05) is 18.2 Å². The van der Waals surface area contributed by atoms with Crippen molar-refractivity contribution in [1.29, 1.82) is 0 Å². The second kappa shape index (κ2) is 8.98. The third kappa shape index (κ3) is 4.37. The fourth-order valence-corrected chi connectivity index (χ4v) is 4.30. The Balaban J connectivity index is 1.38. The number of carbonyl (C=O) groups excluding carboxylic acids is 3. The van der Waals surface area contributed by atoms with Gasteiger partial charge in [-0.1, -0.05) is 29.8 Å². The highest BCUT2D eigenvalue weighted by molar-refractivity contribution is 6.31. The van der Waals surface area contributed by atoms with Crippen LogP contribution in [0.1, 0.15) is 16.8 Å². The minimum atomic E-state index is -0.424. The normalized spacial score (nSPS) is 19.0. The Hall–Kier alpha value is -3.06. The molecule has 0 saturated carbocycles. The largest absolute Gasteiger partial charge is 0.495 e. The second-order valence-corrected chi connectivity index (χ2v) is 8.14. The number of nitrogens with zero attached hydrogens (tertiary/aromatic N) is 3. The molecule has 2 aliphatic heterocycles. The molecule has 7 nitrogen and oxygen atoms in total. The average Bonchev–Trinajstić information content (AvgIpc) is 3.20. The number of hydrogen-bond acceptors (Lipinski definition) is 4. The molecule has 0 aromatic heterocycles. The van der Waals surface area contributed by atoms with Crippen molar-refractivity contribution < 1.29 is 19.1 Å². The van der Waals surface area contributed by atoms with Gasteiger partial charge in [-0.2, -0.15) is 0 Å². The molecule has 31 heavy (non-hydrogen) atoms. The predicted molar refractivity (Wildman–Crippen MR) is 117 cm³/mol. The monoisotopic (exact) mass is 441 g/mol. The molecule has 8 heteroatoms. The van der Waals surface area contributed by atoms with Crippen LogP contribution in [0.2, 0.25) is 5.02 Å². The average molecular weight is 442 g/mol. The first-order valence-electron chi connectivity index (χ1n) is 10.2. The van der Waals surface area contributed by atoms with Crippen LogP contribution in [0, 0.1) is 5.92 Å². The molecule has 2 heterocycles. The van der Waals surface area contributed by atoms with E-state index in [1.54, 1.807) is 45.0 Å². The summed E-state index contributed by atoms with van der Waals surface area (Å²) >= 11 is 6.10. The van der Waals surface area contributed by atoms with E-state index >= 15 is 0 Å². The van der Waals surface area contributed by atoms with E-state index < -0.39 is 5.92 Å². The van der Waals surface area contributed by atoms with Crippen LogP contribution in [-0.4, -0.2) is 67.4 Å². The van der Waals surface area contributed by atoms with E-state index in [0.717, 1.165) is 0 Å². The van der Waals surface area contributed by atoms with Crippen molar-refractivity contribution in [3.8, 4) is 5.75 Å². The molecule has 2 saturated heterocycles. The van der Waals surface area contributed by atoms with Crippen molar-refractivity contribution in [2.75, 3.05) is 44.7 Å². The first-order valence-corrected chi connectivity index (χ1v) is 10.6. The summed E-state index contributed by atoms with van der Waals surface area (Å²) in [6.45, 7) is 2.17. The molecule has 2 aromatic carbocycles. The van der Waals surface area contributed by atoms with E-state index in [-0.39, 0.29) is 30.7 Å². The van der Waals surface area contributed by atoms with Crippen LogP contribution in [0.25, 0.3) is 0 Å². The zero-order chi connectivity index (χ0) is 22.0. The molecule has 2 aliphatic rings. The number of carbonyl (C=O) groups is 3. The van der Waals surface area contributed by atoms with Crippen LogP contribution in [0.5, 0.6) is 5.75 Å². The zero-order valence-electron chi connectivity index (χ0n) is 17.3. The quantitative estimate of drug-likeness (QED) is 0.731. The lowest BCUT2D eigenvalue weighted by molar-refractivity contribution is -0.137. The molecule has 0 radical (unpaired) electrons. The highest BCUT2D eigenvalue weighted by atomic mass is 35.5. The van der Waals surface area contributed by atoms with E-state index in [4.69, 9.17) is 16.3 Å². The lowest BCUT2D eigenvalue weighted by Crippen LogP contribution is -2.52. The van der Waals surface area contributed by atoms with Gasteiger partial charge in [0.1, 0.15) is 5.75 Å². The Bertz CT molecular complexity index is 990.